The minimum atomic E-state index is -0.532. The lowest BCUT2D eigenvalue weighted by molar-refractivity contribution is -1.23. The van der Waals surface area contributed by atoms with E-state index in [4.69, 9.17) is 9.57 Å². The number of hydrogen-bond acceptors (Lipinski definition) is 5. The highest BCUT2D eigenvalue weighted by Gasteiger charge is 2.70. The third-order valence-electron chi connectivity index (χ3n) is 9.60. The molecular formula is C24H36NO5+. The summed E-state index contributed by atoms with van der Waals surface area (Å²) < 4.78 is 6.07. The number of esters is 1. The summed E-state index contributed by atoms with van der Waals surface area (Å²) in [6, 6.07) is 0. The molecular weight excluding hydrogens is 382 g/mol. The van der Waals surface area contributed by atoms with Gasteiger partial charge in [0.1, 0.15) is 25.8 Å². The van der Waals surface area contributed by atoms with Crippen LogP contribution in [0.25, 0.3) is 0 Å². The maximum Gasteiger partial charge on any atom is 0.306 e. The monoisotopic (exact) mass is 418 g/mol. The molecule has 1 N–H and O–H groups in total. The van der Waals surface area contributed by atoms with E-state index in [1.165, 1.54) is 5.57 Å². The van der Waals surface area contributed by atoms with Crippen molar-refractivity contribution in [3.8, 4) is 0 Å². The van der Waals surface area contributed by atoms with Gasteiger partial charge in [0.05, 0.1) is 0 Å². The zero-order valence-electron chi connectivity index (χ0n) is 18.8. The molecule has 5 aliphatic rings. The van der Waals surface area contributed by atoms with Gasteiger partial charge < -0.3 is 4.74 Å². The number of hydrogen-bond donors (Lipinski definition) is 1. The van der Waals surface area contributed by atoms with E-state index in [0.717, 1.165) is 44.9 Å². The standard InChI is InChI=1S/C24H36NO5/c1-22-10-7-16(26)13-15(22)5-6-17-18-8-11-24(12-9-20(27)29-24)23(18,2)14-19(21(17)22)30-25(3,4)28/h13,17-19,21,28H,5-12,14H2,1-4H3/q+1/t17?,18?,19-,21?,22+,23+,24-/m1/s1. The first kappa shape index (κ1) is 20.7. The Morgan fingerprint density at radius 1 is 1.10 bits per heavy atom. The van der Waals surface area contributed by atoms with E-state index in [-0.39, 0.29) is 40.2 Å². The Balaban J connectivity index is 1.58. The van der Waals surface area contributed by atoms with Crippen LogP contribution in [0, 0.1) is 28.6 Å². The molecule has 0 radical (unpaired) electrons. The van der Waals surface area contributed by atoms with Crippen molar-refractivity contribution in [3.05, 3.63) is 11.6 Å². The smallest absolute Gasteiger partial charge is 0.306 e. The fourth-order valence-corrected chi connectivity index (χ4v) is 8.36. The van der Waals surface area contributed by atoms with Gasteiger partial charge in [-0.1, -0.05) is 24.2 Å². The van der Waals surface area contributed by atoms with Crippen LogP contribution < -0.4 is 0 Å². The molecule has 6 nitrogen and oxygen atoms in total. The molecule has 3 saturated carbocycles. The summed E-state index contributed by atoms with van der Waals surface area (Å²) in [4.78, 5) is 30.1. The minimum Gasteiger partial charge on any atom is -0.458 e. The lowest BCUT2D eigenvalue weighted by atomic mass is 9.45. The van der Waals surface area contributed by atoms with E-state index in [0.29, 0.717) is 24.7 Å². The predicted molar refractivity (Wildman–Crippen MR) is 109 cm³/mol. The average molecular weight is 419 g/mol. The fraction of sp³-hybridized carbons (Fsp3) is 0.833. The van der Waals surface area contributed by atoms with Crippen LogP contribution in [0.4, 0.5) is 0 Å². The van der Waals surface area contributed by atoms with Gasteiger partial charge in [-0.3, -0.25) is 9.59 Å². The van der Waals surface area contributed by atoms with Crippen LogP contribution in [-0.2, 0) is 19.2 Å². The van der Waals surface area contributed by atoms with Gasteiger partial charge in [-0.25, -0.2) is 0 Å². The lowest BCUT2D eigenvalue weighted by Crippen LogP contribution is -2.62. The van der Waals surface area contributed by atoms with E-state index in [1.807, 2.05) is 6.08 Å². The molecule has 7 atom stereocenters. The molecule has 3 unspecified atom stereocenters. The number of ether oxygens (including phenoxy) is 1. The Morgan fingerprint density at radius 2 is 1.87 bits per heavy atom. The zero-order valence-corrected chi connectivity index (χ0v) is 18.8. The number of rotatable bonds is 2. The number of carbonyl (C=O) groups is 2. The van der Waals surface area contributed by atoms with Crippen molar-refractivity contribution in [2.24, 2.45) is 28.6 Å². The fourth-order valence-electron chi connectivity index (χ4n) is 8.36. The van der Waals surface area contributed by atoms with Gasteiger partial charge in [-0.15, -0.1) is 0 Å². The number of ketones is 1. The van der Waals surface area contributed by atoms with Crippen LogP contribution in [0.15, 0.2) is 11.6 Å². The molecule has 30 heavy (non-hydrogen) atoms. The maximum absolute atomic E-state index is 12.2. The first-order valence-electron chi connectivity index (χ1n) is 11.7. The van der Waals surface area contributed by atoms with Gasteiger partial charge in [0.15, 0.2) is 5.78 Å². The maximum atomic E-state index is 12.2. The van der Waals surface area contributed by atoms with Crippen LogP contribution in [0.2, 0.25) is 0 Å². The summed E-state index contributed by atoms with van der Waals surface area (Å²) in [5.74, 6) is 1.38. The van der Waals surface area contributed by atoms with Crippen molar-refractivity contribution in [1.29, 1.82) is 0 Å². The first-order chi connectivity index (χ1) is 14.0. The Kier molecular flexibility index (Phi) is 4.40. The number of allylic oxidation sites excluding steroid dienone is 1. The molecule has 0 bridgehead atoms. The molecule has 1 heterocycles. The van der Waals surface area contributed by atoms with E-state index in [1.54, 1.807) is 14.1 Å². The molecule has 0 aromatic carbocycles. The molecule has 0 amide bonds. The second-order valence-corrected chi connectivity index (χ2v) is 11.5. The van der Waals surface area contributed by atoms with E-state index in [9.17, 15) is 14.8 Å². The number of quaternary nitrogens is 1. The summed E-state index contributed by atoms with van der Waals surface area (Å²) in [6.45, 7) is 4.63. The molecule has 4 aliphatic carbocycles. The second kappa shape index (κ2) is 6.39. The van der Waals surface area contributed by atoms with Gasteiger partial charge in [0.25, 0.3) is 0 Å². The zero-order chi connectivity index (χ0) is 21.5. The first-order valence-corrected chi connectivity index (χ1v) is 11.7. The normalized spacial score (nSPS) is 48.1. The molecule has 0 aromatic rings. The Labute approximate surface area is 179 Å². The molecule has 1 aliphatic heterocycles. The SMILES string of the molecule is C[C@]12CCC(=O)C=C1CCC1C2[C@H](O[N+](C)(C)O)C[C@@]2(C)C1CC[C@@]21CCC(=O)O1. The average Bonchev–Trinajstić information content (AvgIpc) is 3.15. The highest BCUT2D eigenvalue weighted by atomic mass is 16.9. The van der Waals surface area contributed by atoms with Gasteiger partial charge in [-0.2, -0.15) is 10.0 Å². The number of nitrogens with zero attached hydrogens (tertiary/aromatic N) is 1. The van der Waals surface area contributed by atoms with E-state index >= 15 is 0 Å². The minimum absolute atomic E-state index is 0.0682. The van der Waals surface area contributed by atoms with Crippen molar-refractivity contribution in [1.82, 2.24) is 0 Å². The summed E-state index contributed by atoms with van der Waals surface area (Å²) in [6.07, 6.45) is 9.34. The molecule has 1 spiro atoms. The molecule has 5 rings (SSSR count). The molecule has 6 heteroatoms. The summed E-state index contributed by atoms with van der Waals surface area (Å²) in [7, 11) is 3.30. The number of fused-ring (bicyclic) bond motifs is 6. The Morgan fingerprint density at radius 3 is 2.53 bits per heavy atom. The van der Waals surface area contributed by atoms with Crippen LogP contribution in [-0.4, -0.2) is 47.6 Å². The summed E-state index contributed by atoms with van der Waals surface area (Å²) in [5, 5.41) is 10.6. The van der Waals surface area contributed by atoms with Gasteiger partial charge in [0, 0.05) is 24.2 Å². The van der Waals surface area contributed by atoms with E-state index < -0.39 is 4.81 Å². The predicted octanol–water partition coefficient (Wildman–Crippen LogP) is 3.97. The van der Waals surface area contributed by atoms with Crippen molar-refractivity contribution in [2.75, 3.05) is 14.1 Å². The van der Waals surface area contributed by atoms with Crippen molar-refractivity contribution >= 4 is 11.8 Å². The quantitative estimate of drug-likeness (QED) is 0.417. The van der Waals surface area contributed by atoms with Crippen LogP contribution in [0.1, 0.15) is 71.6 Å². The lowest BCUT2D eigenvalue weighted by Gasteiger charge is -2.61. The van der Waals surface area contributed by atoms with Gasteiger partial charge >= 0.3 is 5.97 Å². The van der Waals surface area contributed by atoms with Gasteiger partial charge in [-0.05, 0) is 68.3 Å². The third-order valence-corrected chi connectivity index (χ3v) is 9.60. The van der Waals surface area contributed by atoms with E-state index in [2.05, 4.69) is 13.8 Å². The largest absolute Gasteiger partial charge is 0.458 e. The highest BCUT2D eigenvalue weighted by Crippen LogP contribution is 2.70. The number of hydroxylamine groups is 4. The van der Waals surface area contributed by atoms with Crippen molar-refractivity contribution in [2.45, 2.75) is 83.3 Å². The van der Waals surface area contributed by atoms with Crippen LogP contribution >= 0.6 is 0 Å². The summed E-state index contributed by atoms with van der Waals surface area (Å²) in [5.41, 5.74) is 0.691. The van der Waals surface area contributed by atoms with Crippen molar-refractivity contribution in [3.63, 3.8) is 0 Å². The number of carbonyl (C=O) groups excluding carboxylic acids is 2. The molecule has 166 valence electrons. The van der Waals surface area contributed by atoms with Crippen LogP contribution in [0.5, 0.6) is 0 Å². The Hall–Kier alpha value is -1.24. The van der Waals surface area contributed by atoms with Gasteiger partial charge in [0.2, 0.25) is 0 Å². The summed E-state index contributed by atoms with van der Waals surface area (Å²) >= 11 is 0. The topological polar surface area (TPSA) is 72.8 Å². The Bertz CT molecular complexity index is 815. The second-order valence-electron chi connectivity index (χ2n) is 11.5. The molecule has 4 fully saturated rings. The third kappa shape index (κ3) is 2.79. The molecule has 1 saturated heterocycles. The van der Waals surface area contributed by atoms with Crippen molar-refractivity contribution < 1.29 is 29.2 Å². The highest BCUT2D eigenvalue weighted by molar-refractivity contribution is 5.91. The van der Waals surface area contributed by atoms with Crippen LogP contribution in [0.3, 0.4) is 0 Å². The molecule has 0 aromatic heterocycles.